The van der Waals surface area contributed by atoms with Gasteiger partial charge in [-0.2, -0.15) is 0 Å². The van der Waals surface area contributed by atoms with Gasteiger partial charge >= 0.3 is 0 Å². The molecule has 2 amide bonds. The normalized spacial score (nSPS) is 10.4. The van der Waals surface area contributed by atoms with Crippen molar-refractivity contribution in [3.05, 3.63) is 29.3 Å². The molecule has 1 aromatic rings. The lowest BCUT2D eigenvalue weighted by atomic mass is 10.1. The smallest absolute Gasteiger partial charge is 0.226 e. The minimum absolute atomic E-state index is 0.0176. The molecule has 0 aromatic heterocycles. The third kappa shape index (κ3) is 5.85. The highest BCUT2D eigenvalue weighted by Gasteiger charge is 2.12. The van der Waals surface area contributed by atoms with Crippen LogP contribution < -0.4 is 5.32 Å². The number of carbonyl (C=O) groups excluding carboxylic acids is 2. The molecular formula is C17H26N2O3. The van der Waals surface area contributed by atoms with E-state index >= 15 is 0 Å². The van der Waals surface area contributed by atoms with Gasteiger partial charge < -0.3 is 15.0 Å². The van der Waals surface area contributed by atoms with Crippen LogP contribution in [0.5, 0.6) is 0 Å². The van der Waals surface area contributed by atoms with Crippen molar-refractivity contribution in [1.29, 1.82) is 0 Å². The highest BCUT2D eigenvalue weighted by atomic mass is 16.5. The van der Waals surface area contributed by atoms with Crippen LogP contribution in [0.25, 0.3) is 0 Å². The first-order chi connectivity index (χ1) is 10.5. The summed E-state index contributed by atoms with van der Waals surface area (Å²) in [7, 11) is 1.63. The van der Waals surface area contributed by atoms with E-state index in [9.17, 15) is 9.59 Å². The summed E-state index contributed by atoms with van der Waals surface area (Å²) in [5.74, 6) is -0.0913. The average molecular weight is 306 g/mol. The van der Waals surface area contributed by atoms with Crippen molar-refractivity contribution < 1.29 is 14.3 Å². The van der Waals surface area contributed by atoms with Gasteiger partial charge in [-0.3, -0.25) is 9.59 Å². The molecule has 0 aliphatic heterocycles. The fraction of sp³-hybridized carbons (Fsp3) is 0.529. The number of carbonyl (C=O) groups is 2. The van der Waals surface area contributed by atoms with Crippen LogP contribution in [0.2, 0.25) is 0 Å². The molecule has 1 aromatic carbocycles. The number of nitrogens with one attached hydrogen (secondary N) is 1. The van der Waals surface area contributed by atoms with Crippen molar-refractivity contribution in [2.45, 2.75) is 33.6 Å². The van der Waals surface area contributed by atoms with Gasteiger partial charge in [0, 0.05) is 45.8 Å². The van der Waals surface area contributed by atoms with Gasteiger partial charge in [0.2, 0.25) is 11.8 Å². The molecule has 1 rings (SSSR count). The third-order valence-corrected chi connectivity index (χ3v) is 3.58. The third-order valence-electron chi connectivity index (χ3n) is 3.58. The summed E-state index contributed by atoms with van der Waals surface area (Å²) in [5.41, 5.74) is 2.94. The van der Waals surface area contributed by atoms with Crippen LogP contribution >= 0.6 is 0 Å². The lowest BCUT2D eigenvalue weighted by molar-refractivity contribution is -0.129. The Morgan fingerprint density at radius 1 is 1.18 bits per heavy atom. The predicted octanol–water partition coefficient (Wildman–Crippen LogP) is 2.52. The number of nitrogens with zero attached hydrogens (tertiary/aromatic N) is 1. The van der Waals surface area contributed by atoms with Crippen LogP contribution in [0.3, 0.4) is 0 Å². The summed E-state index contributed by atoms with van der Waals surface area (Å²) in [6.45, 7) is 7.11. The highest BCUT2D eigenvalue weighted by molar-refractivity contribution is 5.92. The van der Waals surface area contributed by atoms with Crippen molar-refractivity contribution >= 4 is 17.5 Å². The molecule has 0 saturated carbocycles. The second-order valence-electron chi connectivity index (χ2n) is 5.42. The second-order valence-corrected chi connectivity index (χ2v) is 5.42. The minimum atomic E-state index is -0.0737. The van der Waals surface area contributed by atoms with Gasteiger partial charge in [-0.25, -0.2) is 0 Å². The van der Waals surface area contributed by atoms with E-state index in [2.05, 4.69) is 5.32 Å². The van der Waals surface area contributed by atoms with Crippen molar-refractivity contribution in [3.8, 4) is 0 Å². The van der Waals surface area contributed by atoms with E-state index in [4.69, 9.17) is 4.74 Å². The molecule has 0 heterocycles. The zero-order valence-corrected chi connectivity index (χ0v) is 13.9. The van der Waals surface area contributed by atoms with E-state index in [0.717, 1.165) is 23.2 Å². The number of hydrogen-bond acceptors (Lipinski definition) is 3. The number of aryl methyl sites for hydroxylation is 2. The molecule has 22 heavy (non-hydrogen) atoms. The summed E-state index contributed by atoms with van der Waals surface area (Å²) in [6, 6.07) is 5.90. The molecule has 0 fully saturated rings. The van der Waals surface area contributed by atoms with Crippen LogP contribution in [-0.4, -0.2) is 43.5 Å². The Morgan fingerprint density at radius 3 is 2.36 bits per heavy atom. The van der Waals surface area contributed by atoms with Crippen molar-refractivity contribution in [1.82, 2.24) is 4.90 Å². The monoisotopic (exact) mass is 306 g/mol. The molecule has 122 valence electrons. The first kappa shape index (κ1) is 18.2. The van der Waals surface area contributed by atoms with Crippen LogP contribution in [0.4, 0.5) is 5.69 Å². The summed E-state index contributed by atoms with van der Waals surface area (Å²) >= 11 is 0. The van der Waals surface area contributed by atoms with Gasteiger partial charge in [-0.15, -0.1) is 0 Å². The van der Waals surface area contributed by atoms with E-state index in [-0.39, 0.29) is 11.8 Å². The maximum atomic E-state index is 12.1. The molecule has 5 heteroatoms. The zero-order chi connectivity index (χ0) is 16.5. The van der Waals surface area contributed by atoms with E-state index in [0.29, 0.717) is 26.1 Å². The molecule has 0 unspecified atom stereocenters. The van der Waals surface area contributed by atoms with Crippen molar-refractivity contribution in [3.63, 3.8) is 0 Å². The van der Waals surface area contributed by atoms with E-state index < -0.39 is 0 Å². The predicted molar refractivity (Wildman–Crippen MR) is 87.9 cm³/mol. The van der Waals surface area contributed by atoms with Crippen LogP contribution in [0.1, 0.15) is 30.9 Å². The summed E-state index contributed by atoms with van der Waals surface area (Å²) in [6.07, 6.45) is 1.06. The Bertz CT molecular complexity index is 494. The Labute approximate surface area is 132 Å². The summed E-state index contributed by atoms with van der Waals surface area (Å²) in [4.78, 5) is 25.4. The quantitative estimate of drug-likeness (QED) is 0.751. The van der Waals surface area contributed by atoms with Crippen LogP contribution in [-0.2, 0) is 14.3 Å². The molecule has 0 bridgehead atoms. The second kappa shape index (κ2) is 9.20. The van der Waals surface area contributed by atoms with Crippen LogP contribution in [0, 0.1) is 13.8 Å². The fourth-order valence-corrected chi connectivity index (χ4v) is 2.28. The molecule has 0 aliphatic carbocycles. The number of anilines is 1. The molecule has 0 saturated heterocycles. The van der Waals surface area contributed by atoms with E-state index in [1.54, 1.807) is 12.0 Å². The number of methoxy groups -OCH3 is 1. The number of rotatable bonds is 8. The van der Waals surface area contributed by atoms with Crippen molar-refractivity contribution in [2.24, 2.45) is 0 Å². The SMILES string of the molecule is COCCCN(CCC(=O)Nc1c(C)cccc1C)C(C)=O. The zero-order valence-electron chi connectivity index (χ0n) is 13.9. The largest absolute Gasteiger partial charge is 0.385 e. The first-order valence-corrected chi connectivity index (χ1v) is 7.56. The molecule has 0 radical (unpaired) electrons. The van der Waals surface area contributed by atoms with E-state index in [1.165, 1.54) is 6.92 Å². The van der Waals surface area contributed by atoms with Gasteiger partial charge in [-0.1, -0.05) is 18.2 Å². The molecule has 1 N–H and O–H groups in total. The summed E-state index contributed by atoms with van der Waals surface area (Å²) in [5, 5.41) is 2.94. The van der Waals surface area contributed by atoms with Gasteiger partial charge in [-0.05, 0) is 31.4 Å². The molecular weight excluding hydrogens is 280 g/mol. The van der Waals surface area contributed by atoms with Gasteiger partial charge in [0.25, 0.3) is 0 Å². The van der Waals surface area contributed by atoms with Crippen LogP contribution in [0.15, 0.2) is 18.2 Å². The number of para-hydroxylation sites is 1. The fourth-order valence-electron chi connectivity index (χ4n) is 2.28. The number of ether oxygens (including phenoxy) is 1. The lowest BCUT2D eigenvalue weighted by Gasteiger charge is -2.21. The number of hydrogen-bond donors (Lipinski definition) is 1. The molecule has 0 atom stereocenters. The maximum absolute atomic E-state index is 12.1. The Balaban J connectivity index is 2.51. The number of amides is 2. The number of benzene rings is 1. The minimum Gasteiger partial charge on any atom is -0.385 e. The van der Waals surface area contributed by atoms with E-state index in [1.807, 2.05) is 32.0 Å². The highest BCUT2D eigenvalue weighted by Crippen LogP contribution is 2.19. The van der Waals surface area contributed by atoms with Gasteiger partial charge in [0.15, 0.2) is 0 Å². The Hall–Kier alpha value is -1.88. The lowest BCUT2D eigenvalue weighted by Crippen LogP contribution is -2.33. The Kier molecular flexibility index (Phi) is 7.60. The maximum Gasteiger partial charge on any atom is 0.226 e. The molecule has 5 nitrogen and oxygen atoms in total. The topological polar surface area (TPSA) is 58.6 Å². The Morgan fingerprint density at radius 2 is 1.82 bits per heavy atom. The first-order valence-electron chi connectivity index (χ1n) is 7.56. The summed E-state index contributed by atoms with van der Waals surface area (Å²) < 4.78 is 4.99. The van der Waals surface area contributed by atoms with Gasteiger partial charge in [0.05, 0.1) is 0 Å². The standard InChI is InChI=1S/C17H26N2O3/c1-13-7-5-8-14(2)17(13)18-16(21)9-11-19(15(3)20)10-6-12-22-4/h5,7-8H,6,9-12H2,1-4H3,(H,18,21). The molecule has 0 aliphatic rings. The van der Waals surface area contributed by atoms with Crippen molar-refractivity contribution in [2.75, 3.05) is 32.1 Å². The average Bonchev–Trinajstić information content (AvgIpc) is 2.46. The van der Waals surface area contributed by atoms with Gasteiger partial charge in [0.1, 0.15) is 0 Å². The molecule has 0 spiro atoms.